The number of rotatable bonds is 6. The molecular weight excluding hydrogens is 305 g/mol. The van der Waals surface area contributed by atoms with Gasteiger partial charge in [0.1, 0.15) is 0 Å². The first-order chi connectivity index (χ1) is 9.57. The molecule has 0 aliphatic carbocycles. The Kier molecular flexibility index (Phi) is 5.27. The van der Waals surface area contributed by atoms with E-state index >= 15 is 0 Å². The average Bonchev–Trinajstić information content (AvgIpc) is 2.44. The summed E-state index contributed by atoms with van der Waals surface area (Å²) in [4.78, 5) is -0.785. The van der Waals surface area contributed by atoms with Gasteiger partial charge in [0.25, 0.3) is 9.84 Å². The predicted octanol–water partition coefficient (Wildman–Crippen LogP) is 2.91. The number of anilines is 1. The van der Waals surface area contributed by atoms with Crippen LogP contribution in [0.15, 0.2) is 29.2 Å². The molecule has 0 fully saturated rings. The summed E-state index contributed by atoms with van der Waals surface area (Å²) in [6.45, 7) is 3.91. The van der Waals surface area contributed by atoms with Gasteiger partial charge in [-0.05, 0) is 25.0 Å². The summed E-state index contributed by atoms with van der Waals surface area (Å²) in [7, 11) is -5.39. The van der Waals surface area contributed by atoms with Crippen LogP contribution in [0.25, 0.3) is 0 Å². The van der Waals surface area contributed by atoms with Gasteiger partial charge < -0.3 is 11.1 Å². The summed E-state index contributed by atoms with van der Waals surface area (Å²) in [5.74, 6) is 0. The lowest BCUT2D eigenvalue weighted by atomic mass is 9.94. The van der Waals surface area contributed by atoms with E-state index in [9.17, 15) is 21.6 Å². The molecule has 0 spiro atoms. The number of para-hydroxylation sites is 1. The van der Waals surface area contributed by atoms with Gasteiger partial charge in [-0.25, -0.2) is 8.42 Å². The maximum absolute atomic E-state index is 12.7. The Morgan fingerprint density at radius 1 is 1.14 bits per heavy atom. The molecule has 4 nitrogen and oxygen atoms in total. The van der Waals surface area contributed by atoms with Gasteiger partial charge in [0.15, 0.2) is 0 Å². The summed E-state index contributed by atoms with van der Waals surface area (Å²) in [6, 6.07) is 4.94. The molecule has 0 radical (unpaired) electrons. The molecule has 21 heavy (non-hydrogen) atoms. The van der Waals surface area contributed by atoms with Crippen molar-refractivity contribution in [3.05, 3.63) is 24.3 Å². The van der Waals surface area contributed by atoms with Gasteiger partial charge in [0.2, 0.25) is 0 Å². The second-order valence-corrected chi connectivity index (χ2v) is 6.78. The third-order valence-electron chi connectivity index (χ3n) is 3.52. The van der Waals surface area contributed by atoms with Crippen molar-refractivity contribution in [2.45, 2.75) is 42.6 Å². The number of nitrogens with two attached hydrogens (primary N) is 1. The Balaban J connectivity index is 3.13. The molecule has 1 rings (SSSR count). The van der Waals surface area contributed by atoms with E-state index in [2.05, 4.69) is 5.32 Å². The monoisotopic (exact) mass is 324 g/mol. The minimum Gasteiger partial charge on any atom is -0.382 e. The van der Waals surface area contributed by atoms with Crippen molar-refractivity contribution < 1.29 is 21.6 Å². The van der Waals surface area contributed by atoms with Crippen molar-refractivity contribution in [3.63, 3.8) is 0 Å². The molecule has 1 aromatic rings. The number of alkyl halides is 3. The predicted molar refractivity (Wildman–Crippen MR) is 75.7 cm³/mol. The number of hydrogen-bond acceptors (Lipinski definition) is 4. The normalized spacial score (nSPS) is 13.2. The lowest BCUT2D eigenvalue weighted by Crippen LogP contribution is -2.45. The third-order valence-corrected chi connectivity index (χ3v) is 5.06. The standard InChI is InChI=1S/C13H19F3N2O2S/c1-3-12(17,4-2)9-18-10-7-5-6-8-11(10)21(19,20)13(14,15)16/h5-8,18H,3-4,9,17H2,1-2H3. The Labute approximate surface area is 122 Å². The van der Waals surface area contributed by atoms with Crippen LogP contribution < -0.4 is 11.1 Å². The topological polar surface area (TPSA) is 72.2 Å². The SMILES string of the molecule is CCC(N)(CC)CNc1ccccc1S(=O)(=O)C(F)(F)F. The molecule has 8 heteroatoms. The highest BCUT2D eigenvalue weighted by molar-refractivity contribution is 7.92. The lowest BCUT2D eigenvalue weighted by Gasteiger charge is -2.28. The van der Waals surface area contributed by atoms with E-state index in [4.69, 9.17) is 5.73 Å². The molecule has 120 valence electrons. The van der Waals surface area contributed by atoms with Crippen LogP contribution in [0.4, 0.5) is 18.9 Å². The van der Waals surface area contributed by atoms with Crippen LogP contribution in [-0.2, 0) is 9.84 Å². The molecule has 1 aromatic carbocycles. The molecule has 0 atom stereocenters. The number of benzene rings is 1. The Bertz CT molecular complexity index is 581. The Morgan fingerprint density at radius 2 is 1.67 bits per heavy atom. The maximum atomic E-state index is 12.7. The Hall–Kier alpha value is -1.28. The largest absolute Gasteiger partial charge is 0.501 e. The minimum absolute atomic E-state index is 0.0912. The summed E-state index contributed by atoms with van der Waals surface area (Å²) in [6.07, 6.45) is 1.23. The van der Waals surface area contributed by atoms with E-state index in [0.29, 0.717) is 12.8 Å². The fourth-order valence-electron chi connectivity index (χ4n) is 1.74. The zero-order chi connectivity index (χ0) is 16.3. The van der Waals surface area contributed by atoms with Gasteiger partial charge in [0, 0.05) is 12.1 Å². The first-order valence-electron chi connectivity index (χ1n) is 6.50. The van der Waals surface area contributed by atoms with Gasteiger partial charge in [-0.3, -0.25) is 0 Å². The average molecular weight is 324 g/mol. The van der Waals surface area contributed by atoms with Crippen LogP contribution in [0.5, 0.6) is 0 Å². The van der Waals surface area contributed by atoms with Crippen LogP contribution in [0.3, 0.4) is 0 Å². The molecule has 0 saturated carbocycles. The van der Waals surface area contributed by atoms with E-state index in [0.717, 1.165) is 6.07 Å². The van der Waals surface area contributed by atoms with E-state index in [-0.39, 0.29) is 12.2 Å². The minimum atomic E-state index is -5.39. The number of halogens is 3. The molecule has 0 heterocycles. The number of sulfone groups is 1. The van der Waals surface area contributed by atoms with Crippen molar-refractivity contribution in [1.82, 2.24) is 0 Å². The molecule has 0 aliphatic rings. The summed E-state index contributed by atoms with van der Waals surface area (Å²) < 4.78 is 61.1. The molecule has 3 N–H and O–H groups in total. The van der Waals surface area contributed by atoms with E-state index in [1.54, 1.807) is 0 Å². The first-order valence-corrected chi connectivity index (χ1v) is 7.99. The maximum Gasteiger partial charge on any atom is 0.501 e. The van der Waals surface area contributed by atoms with Crippen molar-refractivity contribution in [2.24, 2.45) is 5.73 Å². The fourth-order valence-corrected chi connectivity index (χ4v) is 2.68. The van der Waals surface area contributed by atoms with Crippen LogP contribution >= 0.6 is 0 Å². The zero-order valence-electron chi connectivity index (χ0n) is 11.9. The molecule has 0 aromatic heterocycles. The van der Waals surface area contributed by atoms with Gasteiger partial charge in [0.05, 0.1) is 10.6 Å². The highest BCUT2D eigenvalue weighted by Crippen LogP contribution is 2.34. The van der Waals surface area contributed by atoms with Gasteiger partial charge >= 0.3 is 5.51 Å². The molecule has 0 amide bonds. The van der Waals surface area contributed by atoms with Crippen LogP contribution in [0.2, 0.25) is 0 Å². The number of hydrogen-bond donors (Lipinski definition) is 2. The number of nitrogens with one attached hydrogen (secondary N) is 1. The van der Waals surface area contributed by atoms with Crippen LogP contribution in [0.1, 0.15) is 26.7 Å². The lowest BCUT2D eigenvalue weighted by molar-refractivity contribution is -0.0435. The third kappa shape index (κ3) is 3.88. The van der Waals surface area contributed by atoms with E-state index in [1.165, 1.54) is 18.2 Å². The fraction of sp³-hybridized carbons (Fsp3) is 0.538. The first kappa shape index (κ1) is 17.8. The second-order valence-electron chi connectivity index (χ2n) is 4.87. The summed E-state index contributed by atoms with van der Waals surface area (Å²) >= 11 is 0. The van der Waals surface area contributed by atoms with Gasteiger partial charge in [-0.15, -0.1) is 0 Å². The van der Waals surface area contributed by atoms with Crippen LogP contribution in [0, 0.1) is 0 Å². The van der Waals surface area contributed by atoms with E-state index < -0.39 is 25.8 Å². The highest BCUT2D eigenvalue weighted by atomic mass is 32.2. The van der Waals surface area contributed by atoms with Crippen molar-refractivity contribution in [3.8, 4) is 0 Å². The molecule has 0 saturated heterocycles. The zero-order valence-corrected chi connectivity index (χ0v) is 12.7. The van der Waals surface area contributed by atoms with Crippen LogP contribution in [-0.4, -0.2) is 26.0 Å². The van der Waals surface area contributed by atoms with Crippen molar-refractivity contribution in [1.29, 1.82) is 0 Å². The quantitative estimate of drug-likeness (QED) is 0.844. The van der Waals surface area contributed by atoms with Gasteiger partial charge in [-0.1, -0.05) is 26.0 Å². The molecule has 0 unspecified atom stereocenters. The molecular formula is C13H19F3N2O2S. The van der Waals surface area contributed by atoms with Crippen molar-refractivity contribution >= 4 is 15.5 Å². The summed E-state index contributed by atoms with van der Waals surface area (Å²) in [5.41, 5.74) is 0.0287. The smallest absolute Gasteiger partial charge is 0.382 e. The van der Waals surface area contributed by atoms with Crippen molar-refractivity contribution in [2.75, 3.05) is 11.9 Å². The molecule has 0 bridgehead atoms. The highest BCUT2D eigenvalue weighted by Gasteiger charge is 2.47. The molecule has 0 aliphatic heterocycles. The summed E-state index contributed by atoms with van der Waals surface area (Å²) in [5, 5.41) is 2.73. The van der Waals surface area contributed by atoms with Gasteiger partial charge in [-0.2, -0.15) is 13.2 Å². The Morgan fingerprint density at radius 3 is 2.14 bits per heavy atom. The second kappa shape index (κ2) is 6.23. The van der Waals surface area contributed by atoms with E-state index in [1.807, 2.05) is 13.8 Å².